The van der Waals surface area contributed by atoms with Crippen LogP contribution in [0.3, 0.4) is 0 Å². The van der Waals surface area contributed by atoms with Gasteiger partial charge in [0.05, 0.1) is 42.2 Å². The first-order chi connectivity index (χ1) is 21.1. The number of rotatable bonds is 10. The fourth-order valence-corrected chi connectivity index (χ4v) is 7.49. The molecule has 3 aliphatic rings. The normalized spacial score (nSPS) is 22.9. The van der Waals surface area contributed by atoms with Gasteiger partial charge in [-0.25, -0.2) is 0 Å². The number of nitrogens with zero attached hydrogens (tertiary/aromatic N) is 3. The molecule has 2 N–H and O–H groups in total. The number of piperidine rings is 1. The molecule has 3 fully saturated rings. The summed E-state index contributed by atoms with van der Waals surface area (Å²) in [6.07, 6.45) is 8.67. The van der Waals surface area contributed by atoms with Gasteiger partial charge in [-0.2, -0.15) is 5.10 Å². The predicted molar refractivity (Wildman–Crippen MR) is 167 cm³/mol. The van der Waals surface area contributed by atoms with Gasteiger partial charge in [0.15, 0.2) is 0 Å². The average molecular weight is 580 g/mol. The monoisotopic (exact) mass is 579 g/mol. The number of ether oxygens (including phenoxy) is 2. The number of hydrogen-bond acceptors (Lipinski definition) is 6. The van der Waals surface area contributed by atoms with E-state index in [4.69, 9.17) is 9.47 Å². The topological polar surface area (TPSA) is 92.4 Å². The first-order valence-electron chi connectivity index (χ1n) is 15.9. The molecule has 2 bridgehead atoms. The molecule has 8 nitrogen and oxygen atoms in total. The van der Waals surface area contributed by atoms with Crippen molar-refractivity contribution in [2.45, 2.75) is 82.6 Å². The second-order valence-corrected chi connectivity index (χ2v) is 12.4. The summed E-state index contributed by atoms with van der Waals surface area (Å²) < 4.78 is 12.0. The van der Waals surface area contributed by atoms with Gasteiger partial charge in [-0.3, -0.25) is 19.8 Å². The molecule has 3 aliphatic heterocycles. The third-order valence-electron chi connectivity index (χ3n) is 9.86. The van der Waals surface area contributed by atoms with Gasteiger partial charge in [0, 0.05) is 34.8 Å². The zero-order chi connectivity index (χ0) is 29.3. The van der Waals surface area contributed by atoms with Gasteiger partial charge >= 0.3 is 0 Å². The Bertz CT molecular complexity index is 1530. The van der Waals surface area contributed by atoms with Gasteiger partial charge in [0.2, 0.25) is 0 Å². The SMILES string of the molecule is CCC(CC)C(NC(=O)c1ccc2[nH]nc(-c3ccc(O[C@@H]4C[C@H]5CC[C@@H](C4)N5C4COC4)cc3)c2c1)c1ccccn1. The lowest BCUT2D eigenvalue weighted by Crippen LogP contribution is -2.57. The second kappa shape index (κ2) is 12.1. The number of H-pyrrole nitrogens is 1. The molecular formula is C35H41N5O3. The molecule has 4 atom stereocenters. The highest BCUT2D eigenvalue weighted by atomic mass is 16.5. The molecule has 0 spiro atoms. The van der Waals surface area contributed by atoms with E-state index in [-0.39, 0.29) is 18.1 Å². The number of fused-ring (bicyclic) bond motifs is 3. The first-order valence-corrected chi connectivity index (χ1v) is 15.9. The van der Waals surface area contributed by atoms with Gasteiger partial charge in [-0.05, 0) is 86.2 Å². The molecule has 224 valence electrons. The molecule has 7 rings (SSSR count). The van der Waals surface area contributed by atoms with Crippen LogP contribution in [0.1, 0.15) is 74.5 Å². The lowest BCUT2D eigenvalue weighted by atomic mass is 9.91. The standard InChI is InChI=1S/C35H41N5O3/c1-3-22(4-2)34(32-7-5-6-16-36-32)37-35(41)24-10-15-31-30(17-24)33(39-38-31)23-8-13-28(14-9-23)43-29-18-25-11-12-26(19-29)40(25)27-20-42-21-27/h5-10,13-17,22,25-27,29,34H,3-4,11-12,18-21H2,1-2H3,(H,37,41)(H,38,39)/t25-,26+,29-,34?. The summed E-state index contributed by atoms with van der Waals surface area (Å²) in [5, 5.41) is 12.0. The third kappa shape index (κ3) is 5.54. The van der Waals surface area contributed by atoms with E-state index in [1.165, 1.54) is 12.8 Å². The molecule has 0 saturated carbocycles. The van der Waals surface area contributed by atoms with Crippen LogP contribution in [0.25, 0.3) is 22.2 Å². The summed E-state index contributed by atoms with van der Waals surface area (Å²) in [7, 11) is 0. The van der Waals surface area contributed by atoms with Gasteiger partial charge in [-0.1, -0.05) is 32.8 Å². The van der Waals surface area contributed by atoms with Crippen LogP contribution in [0.2, 0.25) is 0 Å². The van der Waals surface area contributed by atoms with Crippen LogP contribution in [0.15, 0.2) is 66.9 Å². The van der Waals surface area contributed by atoms with Crippen molar-refractivity contribution in [1.82, 2.24) is 25.4 Å². The fourth-order valence-electron chi connectivity index (χ4n) is 7.49. The van der Waals surface area contributed by atoms with E-state index in [1.54, 1.807) is 6.20 Å². The largest absolute Gasteiger partial charge is 0.490 e. The number of hydrogen-bond donors (Lipinski definition) is 2. The summed E-state index contributed by atoms with van der Waals surface area (Å²) in [6, 6.07) is 21.5. The Kier molecular flexibility index (Phi) is 7.89. The highest BCUT2D eigenvalue weighted by Gasteiger charge is 2.46. The molecule has 43 heavy (non-hydrogen) atoms. The molecule has 2 aromatic heterocycles. The molecule has 0 radical (unpaired) electrons. The number of aromatic nitrogens is 3. The van der Waals surface area contributed by atoms with E-state index in [9.17, 15) is 4.79 Å². The molecule has 1 amide bonds. The van der Waals surface area contributed by atoms with E-state index >= 15 is 0 Å². The smallest absolute Gasteiger partial charge is 0.251 e. The minimum Gasteiger partial charge on any atom is -0.490 e. The lowest BCUT2D eigenvalue weighted by Gasteiger charge is -2.46. The maximum absolute atomic E-state index is 13.5. The summed E-state index contributed by atoms with van der Waals surface area (Å²) >= 11 is 0. The molecule has 1 unspecified atom stereocenters. The minimum absolute atomic E-state index is 0.106. The molecular weight excluding hydrogens is 538 g/mol. The molecule has 4 aromatic rings. The Hall–Kier alpha value is -3.75. The number of amides is 1. The Morgan fingerprint density at radius 3 is 2.44 bits per heavy atom. The summed E-state index contributed by atoms with van der Waals surface area (Å²) in [5.74, 6) is 1.09. The highest BCUT2D eigenvalue weighted by Crippen LogP contribution is 2.40. The first kappa shape index (κ1) is 28.0. The number of aromatic amines is 1. The van der Waals surface area contributed by atoms with Crippen molar-refractivity contribution in [2.75, 3.05) is 13.2 Å². The van der Waals surface area contributed by atoms with Crippen LogP contribution in [0.5, 0.6) is 5.75 Å². The summed E-state index contributed by atoms with van der Waals surface area (Å²) in [5.41, 5.74) is 4.21. The van der Waals surface area contributed by atoms with Crippen molar-refractivity contribution >= 4 is 16.8 Å². The quantitative estimate of drug-likeness (QED) is 0.229. The molecule has 2 aromatic carbocycles. The fraction of sp³-hybridized carbons (Fsp3) is 0.457. The van der Waals surface area contributed by atoms with Crippen molar-refractivity contribution in [3.63, 3.8) is 0 Å². The van der Waals surface area contributed by atoms with E-state index in [0.717, 1.165) is 72.5 Å². The van der Waals surface area contributed by atoms with E-state index in [1.807, 2.05) is 48.5 Å². The number of carbonyl (C=O) groups is 1. The Morgan fingerprint density at radius 1 is 1.02 bits per heavy atom. The van der Waals surface area contributed by atoms with Crippen molar-refractivity contribution in [3.05, 3.63) is 78.1 Å². The van der Waals surface area contributed by atoms with Crippen molar-refractivity contribution in [2.24, 2.45) is 5.92 Å². The van der Waals surface area contributed by atoms with Crippen molar-refractivity contribution in [1.29, 1.82) is 0 Å². The molecule has 0 aliphatic carbocycles. The maximum Gasteiger partial charge on any atom is 0.251 e. The van der Waals surface area contributed by atoms with Crippen LogP contribution in [-0.2, 0) is 4.74 Å². The average Bonchev–Trinajstić information content (AvgIpc) is 3.54. The zero-order valence-electron chi connectivity index (χ0n) is 25.0. The highest BCUT2D eigenvalue weighted by molar-refractivity contribution is 6.01. The van der Waals surface area contributed by atoms with Crippen LogP contribution >= 0.6 is 0 Å². The van der Waals surface area contributed by atoms with Crippen LogP contribution in [-0.4, -0.2) is 63.4 Å². The summed E-state index contributed by atoms with van der Waals surface area (Å²) in [6.45, 7) is 6.10. The Morgan fingerprint density at radius 2 is 1.79 bits per heavy atom. The zero-order valence-corrected chi connectivity index (χ0v) is 25.0. The number of benzene rings is 2. The van der Waals surface area contributed by atoms with Gasteiger partial charge in [-0.15, -0.1) is 0 Å². The molecule has 5 heterocycles. The van der Waals surface area contributed by atoms with Crippen molar-refractivity contribution in [3.8, 4) is 17.0 Å². The van der Waals surface area contributed by atoms with Gasteiger partial charge < -0.3 is 14.8 Å². The van der Waals surface area contributed by atoms with E-state index in [2.05, 4.69) is 51.4 Å². The Labute approximate surface area is 253 Å². The third-order valence-corrected chi connectivity index (χ3v) is 9.86. The second-order valence-electron chi connectivity index (χ2n) is 12.4. The molecule has 8 heteroatoms. The number of pyridine rings is 1. The Balaban J connectivity index is 1.06. The van der Waals surface area contributed by atoms with Gasteiger partial charge in [0.25, 0.3) is 5.91 Å². The van der Waals surface area contributed by atoms with Crippen LogP contribution in [0, 0.1) is 5.92 Å². The molecule has 3 saturated heterocycles. The lowest BCUT2D eigenvalue weighted by molar-refractivity contribution is -0.102. The van der Waals surface area contributed by atoms with Gasteiger partial charge in [0.1, 0.15) is 11.9 Å². The van der Waals surface area contributed by atoms with Crippen LogP contribution in [0.4, 0.5) is 0 Å². The number of carbonyl (C=O) groups excluding carboxylic acids is 1. The maximum atomic E-state index is 13.5. The minimum atomic E-state index is -0.148. The van der Waals surface area contributed by atoms with Crippen LogP contribution < -0.4 is 10.1 Å². The summed E-state index contributed by atoms with van der Waals surface area (Å²) in [4.78, 5) is 20.8. The predicted octanol–water partition coefficient (Wildman–Crippen LogP) is 6.31. The van der Waals surface area contributed by atoms with E-state index < -0.39 is 0 Å². The number of nitrogens with one attached hydrogen (secondary N) is 2. The van der Waals surface area contributed by atoms with Crippen molar-refractivity contribution < 1.29 is 14.3 Å². The van der Waals surface area contributed by atoms with E-state index in [0.29, 0.717) is 29.6 Å².